The Hall–Kier alpha value is -2.02. The number of anilines is 1. The van der Waals surface area contributed by atoms with Crippen molar-refractivity contribution >= 4 is 17.8 Å². The number of imide groups is 1. The number of hydrogen-bond acceptors (Lipinski definition) is 4. The highest BCUT2D eigenvalue weighted by molar-refractivity contribution is 6.05. The topological polar surface area (TPSA) is 88.3 Å². The van der Waals surface area contributed by atoms with E-state index in [1.54, 1.807) is 0 Å². The number of nitrogens with one attached hydrogen (secondary N) is 1. The lowest BCUT2D eigenvalue weighted by molar-refractivity contribution is -0.120. The third kappa shape index (κ3) is 2.23. The molecule has 0 aliphatic carbocycles. The first-order chi connectivity index (χ1) is 8.11. The van der Waals surface area contributed by atoms with Crippen LogP contribution in [0.1, 0.15) is 12.0 Å². The molecule has 2 rings (SSSR count). The molecule has 0 atom stereocenters. The largest absolute Gasteiger partial charge is 0.329 e. The van der Waals surface area contributed by atoms with Crippen molar-refractivity contribution < 1.29 is 14.0 Å². The Morgan fingerprint density at radius 3 is 2.88 bits per heavy atom. The summed E-state index contributed by atoms with van der Waals surface area (Å²) in [6, 6.07) is 0.569. The highest BCUT2D eigenvalue weighted by Crippen LogP contribution is 2.19. The molecule has 0 saturated carbocycles. The second-order valence-corrected chi connectivity index (χ2v) is 3.61. The molecule has 3 amide bonds. The van der Waals surface area contributed by atoms with E-state index >= 15 is 0 Å². The van der Waals surface area contributed by atoms with Crippen LogP contribution in [0, 0.1) is 5.82 Å². The van der Waals surface area contributed by atoms with Gasteiger partial charge in [-0.05, 0) is 11.6 Å². The molecule has 0 bridgehead atoms. The van der Waals surface area contributed by atoms with Crippen LogP contribution in [0.2, 0.25) is 0 Å². The maximum atomic E-state index is 13.7. The van der Waals surface area contributed by atoms with E-state index in [-0.39, 0.29) is 31.2 Å². The maximum absolute atomic E-state index is 13.7. The highest BCUT2D eigenvalue weighted by atomic mass is 19.1. The molecule has 1 aliphatic heterocycles. The standard InChI is InChI=1S/C10H11FN4O2/c11-7-3-6(4-12)5-13-9(7)15-2-1-8(16)14-10(15)17/h3,5H,1-2,4,12H2,(H,14,16,17). The van der Waals surface area contributed by atoms with Gasteiger partial charge in [0.1, 0.15) is 0 Å². The number of aromatic nitrogens is 1. The van der Waals surface area contributed by atoms with E-state index in [0.717, 1.165) is 4.90 Å². The number of nitrogens with zero attached hydrogens (tertiary/aromatic N) is 2. The van der Waals surface area contributed by atoms with Gasteiger partial charge in [0.05, 0.1) is 0 Å². The van der Waals surface area contributed by atoms with Crippen LogP contribution >= 0.6 is 0 Å². The second-order valence-electron chi connectivity index (χ2n) is 3.61. The number of halogens is 1. The fourth-order valence-electron chi connectivity index (χ4n) is 1.55. The van der Waals surface area contributed by atoms with Crippen molar-refractivity contribution in [3.05, 3.63) is 23.6 Å². The van der Waals surface area contributed by atoms with Crippen LogP contribution in [0.5, 0.6) is 0 Å². The Morgan fingerprint density at radius 2 is 2.29 bits per heavy atom. The molecule has 1 aliphatic rings. The van der Waals surface area contributed by atoms with Gasteiger partial charge in [0.15, 0.2) is 11.6 Å². The Labute approximate surface area is 96.6 Å². The van der Waals surface area contributed by atoms with Crippen LogP contribution in [0.4, 0.5) is 15.0 Å². The summed E-state index contributed by atoms with van der Waals surface area (Å²) in [6.45, 7) is 0.297. The minimum absolute atomic E-state index is 0.0906. The minimum atomic E-state index is -0.659. The monoisotopic (exact) mass is 238 g/mol. The van der Waals surface area contributed by atoms with E-state index < -0.39 is 11.8 Å². The summed E-state index contributed by atoms with van der Waals surface area (Å²) in [5, 5.41) is 2.10. The van der Waals surface area contributed by atoms with Gasteiger partial charge in [-0.1, -0.05) is 0 Å². The first kappa shape index (κ1) is 11.5. The number of nitrogens with two attached hydrogens (primary N) is 1. The van der Waals surface area contributed by atoms with Crippen molar-refractivity contribution in [2.24, 2.45) is 5.73 Å². The molecular weight excluding hydrogens is 227 g/mol. The predicted molar refractivity (Wildman–Crippen MR) is 57.6 cm³/mol. The number of amides is 3. The Bertz CT molecular complexity index is 477. The zero-order valence-corrected chi connectivity index (χ0v) is 8.94. The van der Waals surface area contributed by atoms with Gasteiger partial charge in [0, 0.05) is 25.7 Å². The van der Waals surface area contributed by atoms with Crippen LogP contribution < -0.4 is 16.0 Å². The van der Waals surface area contributed by atoms with E-state index in [9.17, 15) is 14.0 Å². The minimum Gasteiger partial charge on any atom is -0.326 e. The van der Waals surface area contributed by atoms with Crippen LogP contribution in [0.25, 0.3) is 0 Å². The molecule has 0 unspecified atom stereocenters. The van der Waals surface area contributed by atoms with Crippen LogP contribution in [0.15, 0.2) is 12.3 Å². The first-order valence-corrected chi connectivity index (χ1v) is 5.07. The van der Waals surface area contributed by atoms with Gasteiger partial charge in [0.2, 0.25) is 5.91 Å². The average Bonchev–Trinajstić information content (AvgIpc) is 2.30. The Kier molecular flexibility index (Phi) is 3.01. The second kappa shape index (κ2) is 4.46. The molecule has 7 heteroatoms. The molecule has 2 heterocycles. The Morgan fingerprint density at radius 1 is 1.53 bits per heavy atom. The fourth-order valence-corrected chi connectivity index (χ4v) is 1.55. The van der Waals surface area contributed by atoms with Gasteiger partial charge in [-0.2, -0.15) is 0 Å². The molecule has 1 aromatic rings. The van der Waals surface area contributed by atoms with Crippen molar-refractivity contribution in [2.45, 2.75) is 13.0 Å². The first-order valence-electron chi connectivity index (χ1n) is 5.07. The summed E-state index contributed by atoms with van der Waals surface area (Å²) in [5.74, 6) is -1.09. The summed E-state index contributed by atoms with van der Waals surface area (Å²) in [5.41, 5.74) is 5.89. The normalized spacial score (nSPS) is 16.0. The Balaban J connectivity index is 2.28. The molecule has 1 saturated heterocycles. The summed E-state index contributed by atoms with van der Waals surface area (Å²) < 4.78 is 13.7. The van der Waals surface area contributed by atoms with Crippen LogP contribution in [-0.2, 0) is 11.3 Å². The number of urea groups is 1. The van der Waals surface area contributed by atoms with Gasteiger partial charge in [-0.15, -0.1) is 0 Å². The van der Waals surface area contributed by atoms with Gasteiger partial charge in [0.25, 0.3) is 0 Å². The number of carbonyl (C=O) groups excluding carboxylic acids is 2. The highest BCUT2D eigenvalue weighted by Gasteiger charge is 2.27. The van der Waals surface area contributed by atoms with E-state index in [0.29, 0.717) is 5.56 Å². The zero-order valence-electron chi connectivity index (χ0n) is 8.94. The molecule has 6 nitrogen and oxygen atoms in total. The third-order valence-corrected chi connectivity index (χ3v) is 2.42. The van der Waals surface area contributed by atoms with Gasteiger partial charge >= 0.3 is 6.03 Å². The fraction of sp³-hybridized carbons (Fsp3) is 0.300. The van der Waals surface area contributed by atoms with Crippen LogP contribution in [-0.4, -0.2) is 23.5 Å². The molecule has 90 valence electrons. The van der Waals surface area contributed by atoms with Crippen molar-refractivity contribution in [1.82, 2.24) is 10.3 Å². The SMILES string of the molecule is NCc1cnc(N2CCC(=O)NC2=O)c(F)c1. The predicted octanol–water partition coefficient (Wildman–Crippen LogP) is 0.126. The van der Waals surface area contributed by atoms with E-state index in [1.165, 1.54) is 12.3 Å². The molecule has 0 radical (unpaired) electrons. The number of carbonyl (C=O) groups is 2. The number of rotatable bonds is 2. The molecule has 3 N–H and O–H groups in total. The summed E-state index contributed by atoms with van der Waals surface area (Å²) in [7, 11) is 0. The number of pyridine rings is 1. The average molecular weight is 238 g/mol. The lowest BCUT2D eigenvalue weighted by Gasteiger charge is -2.25. The molecular formula is C10H11FN4O2. The van der Waals surface area contributed by atoms with Gasteiger partial charge in [-0.3, -0.25) is 15.0 Å². The van der Waals surface area contributed by atoms with Gasteiger partial charge in [-0.25, -0.2) is 14.2 Å². The van der Waals surface area contributed by atoms with E-state index in [2.05, 4.69) is 10.3 Å². The number of hydrogen-bond donors (Lipinski definition) is 2. The molecule has 0 spiro atoms. The van der Waals surface area contributed by atoms with Crippen molar-refractivity contribution in [3.8, 4) is 0 Å². The smallest absolute Gasteiger partial charge is 0.326 e. The third-order valence-electron chi connectivity index (χ3n) is 2.42. The molecule has 17 heavy (non-hydrogen) atoms. The molecule has 1 aromatic heterocycles. The van der Waals surface area contributed by atoms with Crippen molar-refractivity contribution in [2.75, 3.05) is 11.4 Å². The maximum Gasteiger partial charge on any atom is 0.329 e. The van der Waals surface area contributed by atoms with Crippen LogP contribution in [0.3, 0.4) is 0 Å². The summed E-state index contributed by atoms with van der Waals surface area (Å²) in [4.78, 5) is 27.4. The quantitative estimate of drug-likeness (QED) is 0.766. The molecule has 0 aromatic carbocycles. The van der Waals surface area contributed by atoms with Gasteiger partial charge < -0.3 is 5.73 Å². The zero-order chi connectivity index (χ0) is 12.4. The lowest BCUT2D eigenvalue weighted by atomic mass is 10.2. The van der Waals surface area contributed by atoms with E-state index in [1.807, 2.05) is 0 Å². The van der Waals surface area contributed by atoms with Crippen molar-refractivity contribution in [1.29, 1.82) is 0 Å². The van der Waals surface area contributed by atoms with Crippen molar-refractivity contribution in [3.63, 3.8) is 0 Å². The summed E-state index contributed by atoms with van der Waals surface area (Å²) in [6.07, 6.45) is 1.54. The molecule has 1 fully saturated rings. The lowest BCUT2D eigenvalue weighted by Crippen LogP contribution is -2.50. The summed E-state index contributed by atoms with van der Waals surface area (Å²) >= 11 is 0. The van der Waals surface area contributed by atoms with E-state index in [4.69, 9.17) is 5.73 Å².